The summed E-state index contributed by atoms with van der Waals surface area (Å²) in [6.07, 6.45) is 8.13. The number of benzene rings is 1. The lowest BCUT2D eigenvalue weighted by atomic mass is 9.68. The molecule has 1 saturated carbocycles. The number of nitrogens with one attached hydrogen (secondary N) is 1. The number of rotatable bonds is 5. The number of phenols is 1. The van der Waals surface area contributed by atoms with Gasteiger partial charge in [-0.05, 0) is 54.8 Å². The summed E-state index contributed by atoms with van der Waals surface area (Å²) in [5, 5.41) is 13.6. The zero-order valence-corrected chi connectivity index (χ0v) is 15.4. The van der Waals surface area contributed by atoms with Crippen molar-refractivity contribution in [2.24, 2.45) is 5.92 Å². The average Bonchev–Trinajstić information content (AvgIpc) is 2.59. The molecule has 0 bridgehead atoms. The van der Waals surface area contributed by atoms with Crippen molar-refractivity contribution < 1.29 is 5.11 Å². The normalized spacial score (nSPS) is 29.7. The van der Waals surface area contributed by atoms with Crippen molar-refractivity contribution >= 4 is 0 Å². The maximum Gasteiger partial charge on any atom is 0.115 e. The third-order valence-corrected chi connectivity index (χ3v) is 6.54. The van der Waals surface area contributed by atoms with Crippen LogP contribution in [0.25, 0.3) is 0 Å². The number of hydrogen-bond acceptors (Lipinski definition) is 3. The minimum Gasteiger partial charge on any atom is -0.508 e. The lowest BCUT2D eigenvalue weighted by Crippen LogP contribution is -2.49. The molecular formula is C21H34N2O. The van der Waals surface area contributed by atoms with Crippen LogP contribution in [0.3, 0.4) is 0 Å². The van der Waals surface area contributed by atoms with Gasteiger partial charge in [0.1, 0.15) is 5.75 Å². The second-order valence-electron chi connectivity index (χ2n) is 8.21. The Kier molecular flexibility index (Phi) is 5.83. The third kappa shape index (κ3) is 4.12. The third-order valence-electron chi connectivity index (χ3n) is 6.54. The standard InChI is InChI=1S/C21H34N2O/c1-17-16-23(14-12-22-19-8-4-3-5-9-19)13-11-21(17,2)18-7-6-10-20(24)15-18/h6-7,10,15,17,19,22,24H,3-5,8-9,11-14,16H2,1-2H3. The van der Waals surface area contributed by atoms with Crippen molar-refractivity contribution in [3.05, 3.63) is 29.8 Å². The largest absolute Gasteiger partial charge is 0.508 e. The van der Waals surface area contributed by atoms with Crippen LogP contribution in [0.1, 0.15) is 57.9 Å². The molecule has 3 heteroatoms. The first-order chi connectivity index (χ1) is 11.6. The highest BCUT2D eigenvalue weighted by Crippen LogP contribution is 2.40. The van der Waals surface area contributed by atoms with Gasteiger partial charge in [0.2, 0.25) is 0 Å². The summed E-state index contributed by atoms with van der Waals surface area (Å²) in [6, 6.07) is 8.64. The molecule has 2 aliphatic rings. The van der Waals surface area contributed by atoms with Gasteiger partial charge in [0.15, 0.2) is 0 Å². The van der Waals surface area contributed by atoms with Crippen LogP contribution in [0.15, 0.2) is 24.3 Å². The van der Waals surface area contributed by atoms with E-state index in [1.807, 2.05) is 12.1 Å². The van der Waals surface area contributed by atoms with Crippen molar-refractivity contribution in [1.82, 2.24) is 10.2 Å². The molecule has 3 nitrogen and oxygen atoms in total. The van der Waals surface area contributed by atoms with E-state index in [0.717, 1.165) is 32.2 Å². The smallest absolute Gasteiger partial charge is 0.115 e. The van der Waals surface area contributed by atoms with Crippen molar-refractivity contribution in [3.63, 3.8) is 0 Å². The van der Waals surface area contributed by atoms with E-state index < -0.39 is 0 Å². The number of likely N-dealkylation sites (tertiary alicyclic amines) is 1. The second kappa shape index (κ2) is 7.88. The van der Waals surface area contributed by atoms with Gasteiger partial charge in [0.25, 0.3) is 0 Å². The number of aromatic hydroxyl groups is 1. The zero-order valence-electron chi connectivity index (χ0n) is 15.4. The Morgan fingerprint density at radius 2 is 2.04 bits per heavy atom. The first kappa shape index (κ1) is 17.8. The van der Waals surface area contributed by atoms with Gasteiger partial charge < -0.3 is 15.3 Å². The van der Waals surface area contributed by atoms with Crippen LogP contribution in [0.2, 0.25) is 0 Å². The summed E-state index contributed by atoms with van der Waals surface area (Å²) in [7, 11) is 0. The number of nitrogens with zero attached hydrogens (tertiary/aromatic N) is 1. The van der Waals surface area contributed by atoms with Crippen LogP contribution < -0.4 is 5.32 Å². The topological polar surface area (TPSA) is 35.5 Å². The fourth-order valence-corrected chi connectivity index (χ4v) is 4.54. The van der Waals surface area contributed by atoms with Gasteiger partial charge in [-0.15, -0.1) is 0 Å². The minimum atomic E-state index is 0.173. The first-order valence-corrected chi connectivity index (χ1v) is 9.83. The fourth-order valence-electron chi connectivity index (χ4n) is 4.54. The molecule has 24 heavy (non-hydrogen) atoms. The molecule has 2 N–H and O–H groups in total. The van der Waals surface area contributed by atoms with Crippen molar-refractivity contribution in [2.45, 2.75) is 63.8 Å². The Morgan fingerprint density at radius 3 is 2.75 bits per heavy atom. The van der Waals surface area contributed by atoms with E-state index in [4.69, 9.17) is 0 Å². The molecule has 1 aromatic rings. The zero-order chi connectivity index (χ0) is 17.0. The van der Waals surface area contributed by atoms with Gasteiger partial charge in [-0.25, -0.2) is 0 Å². The number of piperidine rings is 1. The van der Waals surface area contributed by atoms with E-state index in [2.05, 4.69) is 30.1 Å². The van der Waals surface area contributed by atoms with Gasteiger partial charge in [0.05, 0.1) is 0 Å². The average molecular weight is 331 g/mol. The predicted molar refractivity (Wildman–Crippen MR) is 101 cm³/mol. The molecule has 0 radical (unpaired) electrons. The van der Waals surface area contributed by atoms with E-state index >= 15 is 0 Å². The Balaban J connectivity index is 1.49. The highest BCUT2D eigenvalue weighted by molar-refractivity contribution is 5.33. The molecule has 2 unspecified atom stereocenters. The van der Waals surface area contributed by atoms with Crippen LogP contribution >= 0.6 is 0 Å². The maximum atomic E-state index is 9.82. The van der Waals surface area contributed by atoms with E-state index in [1.165, 1.54) is 44.1 Å². The quantitative estimate of drug-likeness (QED) is 0.859. The summed E-state index contributed by atoms with van der Waals surface area (Å²) in [6.45, 7) is 9.33. The molecule has 0 spiro atoms. The van der Waals surface area contributed by atoms with Gasteiger partial charge in [-0.2, -0.15) is 0 Å². The molecule has 2 atom stereocenters. The van der Waals surface area contributed by atoms with Gasteiger partial charge in [-0.1, -0.05) is 45.2 Å². The van der Waals surface area contributed by atoms with E-state index in [9.17, 15) is 5.11 Å². The monoisotopic (exact) mass is 330 g/mol. The van der Waals surface area contributed by atoms with E-state index in [-0.39, 0.29) is 5.41 Å². The maximum absolute atomic E-state index is 9.82. The molecule has 3 rings (SSSR count). The van der Waals surface area contributed by atoms with Crippen LogP contribution in [0, 0.1) is 5.92 Å². The van der Waals surface area contributed by atoms with E-state index in [0.29, 0.717) is 11.7 Å². The van der Waals surface area contributed by atoms with Crippen LogP contribution in [-0.4, -0.2) is 42.2 Å². The minimum absolute atomic E-state index is 0.173. The summed E-state index contributed by atoms with van der Waals surface area (Å²) >= 11 is 0. The molecule has 1 aliphatic carbocycles. The Morgan fingerprint density at radius 1 is 1.25 bits per heavy atom. The lowest BCUT2D eigenvalue weighted by molar-refractivity contribution is 0.110. The van der Waals surface area contributed by atoms with E-state index in [1.54, 1.807) is 6.07 Å². The molecule has 0 aromatic heterocycles. The summed E-state index contributed by atoms with van der Waals surface area (Å²) in [5.74, 6) is 0.989. The number of phenolic OH excluding ortho intramolecular Hbond substituents is 1. The molecule has 2 fully saturated rings. The predicted octanol–water partition coefficient (Wildman–Crippen LogP) is 3.91. The molecule has 0 amide bonds. The highest BCUT2D eigenvalue weighted by atomic mass is 16.3. The Labute approximate surface area is 147 Å². The molecule has 1 aromatic carbocycles. The van der Waals surface area contributed by atoms with Crippen LogP contribution in [0.4, 0.5) is 0 Å². The molecule has 134 valence electrons. The molecular weight excluding hydrogens is 296 g/mol. The lowest BCUT2D eigenvalue weighted by Gasteiger charge is -2.45. The summed E-state index contributed by atoms with van der Waals surface area (Å²) in [4.78, 5) is 2.62. The highest BCUT2D eigenvalue weighted by Gasteiger charge is 2.37. The summed E-state index contributed by atoms with van der Waals surface area (Å²) < 4.78 is 0. The van der Waals surface area contributed by atoms with Crippen LogP contribution in [0.5, 0.6) is 5.75 Å². The Bertz CT molecular complexity index is 526. The van der Waals surface area contributed by atoms with Crippen molar-refractivity contribution in [1.29, 1.82) is 0 Å². The Hall–Kier alpha value is -1.06. The van der Waals surface area contributed by atoms with Crippen molar-refractivity contribution in [3.8, 4) is 5.75 Å². The molecule has 1 saturated heterocycles. The van der Waals surface area contributed by atoms with Gasteiger partial charge >= 0.3 is 0 Å². The first-order valence-electron chi connectivity index (χ1n) is 9.83. The molecule has 1 aliphatic heterocycles. The van der Waals surface area contributed by atoms with Crippen LogP contribution in [-0.2, 0) is 5.41 Å². The summed E-state index contributed by atoms with van der Waals surface area (Å²) in [5.41, 5.74) is 1.46. The molecule has 1 heterocycles. The SMILES string of the molecule is CC1CN(CCNC2CCCCC2)CCC1(C)c1cccc(O)c1. The van der Waals surface area contributed by atoms with Crippen molar-refractivity contribution in [2.75, 3.05) is 26.2 Å². The second-order valence-corrected chi connectivity index (χ2v) is 8.21. The van der Waals surface area contributed by atoms with Gasteiger partial charge in [-0.3, -0.25) is 0 Å². The fraction of sp³-hybridized carbons (Fsp3) is 0.714. The number of hydrogen-bond donors (Lipinski definition) is 2. The van der Waals surface area contributed by atoms with Gasteiger partial charge in [0, 0.05) is 25.7 Å².